The Morgan fingerprint density at radius 3 is 2.42 bits per heavy atom. The zero-order valence-corrected chi connectivity index (χ0v) is 20.2. The van der Waals surface area contributed by atoms with E-state index in [-0.39, 0.29) is 6.03 Å². The second-order valence-corrected chi connectivity index (χ2v) is 9.47. The van der Waals surface area contributed by atoms with Crippen molar-refractivity contribution in [1.82, 2.24) is 9.80 Å². The first kappa shape index (κ1) is 22.2. The molecule has 2 heterocycles. The van der Waals surface area contributed by atoms with E-state index in [1.165, 1.54) is 5.56 Å². The molecular formula is C25H32BrN3O2. The zero-order valence-electron chi connectivity index (χ0n) is 18.6. The van der Waals surface area contributed by atoms with Crippen LogP contribution in [0.25, 0.3) is 0 Å². The van der Waals surface area contributed by atoms with E-state index in [1.807, 2.05) is 31.3 Å². The van der Waals surface area contributed by atoms with Crippen molar-refractivity contribution in [3.8, 4) is 5.75 Å². The molecule has 2 aromatic carbocycles. The van der Waals surface area contributed by atoms with Crippen molar-refractivity contribution in [3.05, 3.63) is 58.6 Å². The Bertz CT molecular complexity index is 887. The van der Waals surface area contributed by atoms with Crippen molar-refractivity contribution in [2.75, 3.05) is 38.7 Å². The Morgan fingerprint density at radius 2 is 1.77 bits per heavy atom. The molecule has 2 aliphatic heterocycles. The number of benzene rings is 2. The molecule has 2 aliphatic rings. The summed E-state index contributed by atoms with van der Waals surface area (Å²) in [6.07, 6.45) is 3.32. The molecule has 166 valence electrons. The van der Waals surface area contributed by atoms with E-state index >= 15 is 0 Å². The van der Waals surface area contributed by atoms with Crippen molar-refractivity contribution in [2.24, 2.45) is 0 Å². The Kier molecular flexibility index (Phi) is 6.87. The number of ether oxygens (including phenoxy) is 1. The summed E-state index contributed by atoms with van der Waals surface area (Å²) in [6, 6.07) is 17.4. The van der Waals surface area contributed by atoms with Crippen LogP contribution >= 0.6 is 15.9 Å². The summed E-state index contributed by atoms with van der Waals surface area (Å²) in [5, 5.41) is 0. The summed E-state index contributed by atoms with van der Waals surface area (Å²) in [5.74, 6) is 1.27. The van der Waals surface area contributed by atoms with Crippen molar-refractivity contribution in [1.29, 1.82) is 0 Å². The zero-order chi connectivity index (χ0) is 22.0. The van der Waals surface area contributed by atoms with Gasteiger partial charge in [-0.05, 0) is 67.8 Å². The standard InChI is InChI=1S/C25H32BrN3O2/c1-4-22-24(18-7-9-19(26)10-8-18)23-17-28(15-5-6-16-29(22)23)25(30)27(2)20-11-13-21(31-3)14-12-20/h7-14,22-24H,4-6,15-17H2,1-3H3/t22-,23+,24+/m1/s1. The lowest BCUT2D eigenvalue weighted by atomic mass is 9.73. The molecule has 4 rings (SSSR count). The lowest BCUT2D eigenvalue weighted by Gasteiger charge is -2.57. The average Bonchev–Trinajstić information content (AvgIpc) is 2.78. The van der Waals surface area contributed by atoms with Crippen LogP contribution in [0, 0.1) is 0 Å². The van der Waals surface area contributed by atoms with E-state index in [1.54, 1.807) is 12.0 Å². The van der Waals surface area contributed by atoms with Crippen LogP contribution in [-0.4, -0.2) is 61.7 Å². The van der Waals surface area contributed by atoms with Crippen molar-refractivity contribution >= 4 is 27.6 Å². The van der Waals surface area contributed by atoms with Crippen LogP contribution in [0.1, 0.15) is 37.7 Å². The molecule has 3 atom stereocenters. The van der Waals surface area contributed by atoms with Gasteiger partial charge in [-0.2, -0.15) is 0 Å². The number of methoxy groups -OCH3 is 1. The SMILES string of the molecule is CC[C@@H]1[C@H](c2ccc(Br)cc2)[C@@H]2CN(C(=O)N(C)c3ccc(OC)cc3)CCCCN12. The van der Waals surface area contributed by atoms with Crippen molar-refractivity contribution in [3.63, 3.8) is 0 Å². The quantitative estimate of drug-likeness (QED) is 0.584. The number of urea groups is 1. The molecule has 31 heavy (non-hydrogen) atoms. The molecule has 0 bridgehead atoms. The van der Waals surface area contributed by atoms with Crippen LogP contribution in [0.3, 0.4) is 0 Å². The lowest BCUT2D eigenvalue weighted by molar-refractivity contribution is -0.0371. The molecule has 0 saturated carbocycles. The molecular weight excluding hydrogens is 454 g/mol. The van der Waals surface area contributed by atoms with Crippen LogP contribution in [0.4, 0.5) is 10.5 Å². The Balaban J connectivity index is 1.53. The molecule has 0 aliphatic carbocycles. The molecule has 6 heteroatoms. The summed E-state index contributed by atoms with van der Waals surface area (Å²) in [6.45, 7) is 5.00. The third-order valence-corrected chi connectivity index (χ3v) is 7.40. The lowest BCUT2D eigenvalue weighted by Crippen LogP contribution is -2.67. The van der Waals surface area contributed by atoms with Crippen molar-refractivity contribution < 1.29 is 9.53 Å². The first-order valence-corrected chi connectivity index (χ1v) is 12.0. The van der Waals surface area contributed by atoms with Gasteiger partial charge in [0.2, 0.25) is 0 Å². The Morgan fingerprint density at radius 1 is 1.10 bits per heavy atom. The highest BCUT2D eigenvalue weighted by atomic mass is 79.9. The third-order valence-electron chi connectivity index (χ3n) is 6.87. The van der Waals surface area contributed by atoms with Gasteiger partial charge in [0.25, 0.3) is 0 Å². The maximum atomic E-state index is 13.4. The van der Waals surface area contributed by atoms with Gasteiger partial charge in [-0.1, -0.05) is 35.0 Å². The van der Waals surface area contributed by atoms with Gasteiger partial charge in [0, 0.05) is 48.3 Å². The highest BCUT2D eigenvalue weighted by Crippen LogP contribution is 2.43. The van der Waals surface area contributed by atoms with Crippen LogP contribution in [0.5, 0.6) is 5.75 Å². The number of fused-ring (bicyclic) bond motifs is 1. The van der Waals surface area contributed by atoms with E-state index in [2.05, 4.69) is 56.9 Å². The predicted octanol–water partition coefficient (Wildman–Crippen LogP) is 5.36. The average molecular weight is 486 g/mol. The number of carbonyl (C=O) groups is 1. The first-order valence-electron chi connectivity index (χ1n) is 11.2. The highest BCUT2D eigenvalue weighted by molar-refractivity contribution is 9.10. The number of amides is 2. The second-order valence-electron chi connectivity index (χ2n) is 8.55. The van der Waals surface area contributed by atoms with E-state index in [0.717, 1.165) is 54.8 Å². The topological polar surface area (TPSA) is 36.0 Å². The summed E-state index contributed by atoms with van der Waals surface area (Å²) in [4.78, 5) is 19.9. The monoisotopic (exact) mass is 485 g/mol. The van der Waals surface area contributed by atoms with E-state index < -0.39 is 0 Å². The molecule has 0 unspecified atom stereocenters. The van der Waals surface area contributed by atoms with Gasteiger partial charge in [0.05, 0.1) is 7.11 Å². The fourth-order valence-electron chi connectivity index (χ4n) is 5.20. The molecule has 2 amide bonds. The number of hydrogen-bond donors (Lipinski definition) is 0. The number of rotatable bonds is 4. The van der Waals surface area contributed by atoms with Gasteiger partial charge < -0.3 is 9.64 Å². The van der Waals surface area contributed by atoms with Gasteiger partial charge in [0.1, 0.15) is 5.75 Å². The minimum atomic E-state index is 0.0709. The Labute approximate surface area is 194 Å². The minimum Gasteiger partial charge on any atom is -0.497 e. The van der Waals surface area contributed by atoms with Crippen LogP contribution in [0.2, 0.25) is 0 Å². The normalized spacial score (nSPS) is 23.9. The van der Waals surface area contributed by atoms with Crippen LogP contribution in [-0.2, 0) is 0 Å². The van der Waals surface area contributed by atoms with Gasteiger partial charge in [0.15, 0.2) is 0 Å². The fourth-order valence-corrected chi connectivity index (χ4v) is 5.46. The maximum Gasteiger partial charge on any atom is 0.324 e. The fraction of sp³-hybridized carbons (Fsp3) is 0.480. The molecule has 0 spiro atoms. The summed E-state index contributed by atoms with van der Waals surface area (Å²) >= 11 is 3.56. The van der Waals surface area contributed by atoms with Crippen LogP contribution in [0.15, 0.2) is 53.0 Å². The Hall–Kier alpha value is -2.05. The first-order chi connectivity index (χ1) is 15.0. The number of nitrogens with zero attached hydrogens (tertiary/aromatic N) is 3. The number of hydrogen-bond acceptors (Lipinski definition) is 3. The number of halogens is 1. The van der Waals surface area contributed by atoms with E-state index in [4.69, 9.17) is 4.74 Å². The molecule has 0 aromatic heterocycles. The van der Waals surface area contributed by atoms with Gasteiger partial charge in [-0.25, -0.2) is 4.79 Å². The number of anilines is 1. The molecule has 2 fully saturated rings. The second kappa shape index (κ2) is 9.61. The van der Waals surface area contributed by atoms with Crippen molar-refractivity contribution in [2.45, 2.75) is 44.2 Å². The largest absolute Gasteiger partial charge is 0.497 e. The molecule has 0 radical (unpaired) electrons. The molecule has 2 aromatic rings. The number of carbonyl (C=O) groups excluding carboxylic acids is 1. The maximum absolute atomic E-state index is 13.4. The van der Waals surface area contributed by atoms with E-state index in [9.17, 15) is 4.79 Å². The summed E-state index contributed by atoms with van der Waals surface area (Å²) in [7, 11) is 3.52. The van der Waals surface area contributed by atoms with Gasteiger partial charge in [-0.3, -0.25) is 9.80 Å². The summed E-state index contributed by atoms with van der Waals surface area (Å²) < 4.78 is 6.36. The predicted molar refractivity (Wildman–Crippen MR) is 129 cm³/mol. The summed E-state index contributed by atoms with van der Waals surface area (Å²) in [5.41, 5.74) is 2.27. The molecule has 0 N–H and O–H groups in total. The molecule has 5 nitrogen and oxygen atoms in total. The van der Waals surface area contributed by atoms with Gasteiger partial charge >= 0.3 is 6.03 Å². The third kappa shape index (κ3) is 4.46. The smallest absolute Gasteiger partial charge is 0.324 e. The van der Waals surface area contributed by atoms with E-state index in [0.29, 0.717) is 18.0 Å². The van der Waals surface area contributed by atoms with Gasteiger partial charge in [-0.15, -0.1) is 0 Å². The minimum absolute atomic E-state index is 0.0709. The van der Waals surface area contributed by atoms with Crippen LogP contribution < -0.4 is 9.64 Å². The molecule has 2 saturated heterocycles. The highest BCUT2D eigenvalue weighted by Gasteiger charge is 2.49.